The van der Waals surface area contributed by atoms with Crippen molar-refractivity contribution in [3.05, 3.63) is 101 Å². The maximum Gasteiger partial charge on any atom is 0.343 e. The molecule has 0 spiro atoms. The van der Waals surface area contributed by atoms with Gasteiger partial charge in [0.2, 0.25) is 0 Å². The first-order valence-corrected chi connectivity index (χ1v) is 8.39. The number of benzene rings is 3. The van der Waals surface area contributed by atoms with Gasteiger partial charge in [0.25, 0.3) is 5.91 Å². The van der Waals surface area contributed by atoms with Crippen LogP contribution in [0.2, 0.25) is 0 Å². The van der Waals surface area contributed by atoms with Gasteiger partial charge in [-0.3, -0.25) is 4.79 Å². The van der Waals surface area contributed by atoms with E-state index in [1.807, 2.05) is 25.1 Å². The Morgan fingerprint density at radius 2 is 1.59 bits per heavy atom. The molecule has 0 radical (unpaired) electrons. The molecule has 0 saturated carbocycles. The molecule has 0 aliphatic heterocycles. The minimum atomic E-state index is -0.407. The molecule has 5 nitrogen and oxygen atoms in total. The Kier molecular flexibility index (Phi) is 5.74. The number of nitrogens with one attached hydrogen (secondary N) is 1. The van der Waals surface area contributed by atoms with Crippen LogP contribution in [0.1, 0.15) is 31.8 Å². The summed E-state index contributed by atoms with van der Waals surface area (Å²) in [4.78, 5) is 24.0. The van der Waals surface area contributed by atoms with Crippen LogP contribution in [0.15, 0.2) is 84.0 Å². The lowest BCUT2D eigenvalue weighted by Gasteiger charge is -2.05. The summed E-state index contributed by atoms with van der Waals surface area (Å²) in [6, 6.07) is 22.9. The number of carbonyl (C=O) groups excluding carboxylic acids is 2. The van der Waals surface area contributed by atoms with Crippen LogP contribution in [0.3, 0.4) is 0 Å². The normalized spacial score (nSPS) is 10.6. The third-order valence-corrected chi connectivity index (χ3v) is 3.76. The van der Waals surface area contributed by atoms with Gasteiger partial charge in [0.05, 0.1) is 11.8 Å². The Hall–Kier alpha value is -3.73. The SMILES string of the molecule is Cc1cccc(C(=O)Oc2ccc(/C=N\NC(=O)c3ccccc3)cc2)c1. The van der Waals surface area contributed by atoms with E-state index in [0.717, 1.165) is 11.1 Å². The van der Waals surface area contributed by atoms with Crippen LogP contribution in [-0.4, -0.2) is 18.1 Å². The monoisotopic (exact) mass is 358 g/mol. The summed E-state index contributed by atoms with van der Waals surface area (Å²) in [6.45, 7) is 1.92. The number of aryl methyl sites for hydroxylation is 1. The highest BCUT2D eigenvalue weighted by molar-refractivity contribution is 5.95. The number of carbonyl (C=O) groups is 2. The van der Waals surface area contributed by atoms with Gasteiger partial charge in [-0.1, -0.05) is 35.9 Å². The first-order chi connectivity index (χ1) is 13.1. The fourth-order valence-electron chi connectivity index (χ4n) is 2.38. The summed E-state index contributed by atoms with van der Waals surface area (Å²) >= 11 is 0. The summed E-state index contributed by atoms with van der Waals surface area (Å²) in [5, 5.41) is 3.93. The van der Waals surface area contributed by atoms with E-state index in [0.29, 0.717) is 16.9 Å². The molecule has 1 amide bonds. The molecule has 0 fully saturated rings. The van der Waals surface area contributed by atoms with E-state index in [-0.39, 0.29) is 5.91 Å². The van der Waals surface area contributed by atoms with Crippen molar-refractivity contribution in [2.75, 3.05) is 0 Å². The first-order valence-electron chi connectivity index (χ1n) is 8.39. The van der Waals surface area contributed by atoms with Crippen molar-refractivity contribution in [2.45, 2.75) is 6.92 Å². The topological polar surface area (TPSA) is 67.8 Å². The third-order valence-electron chi connectivity index (χ3n) is 3.76. The van der Waals surface area contributed by atoms with Crippen molar-refractivity contribution >= 4 is 18.1 Å². The van der Waals surface area contributed by atoms with Crippen LogP contribution >= 0.6 is 0 Å². The van der Waals surface area contributed by atoms with Crippen LogP contribution < -0.4 is 10.2 Å². The Morgan fingerprint density at radius 1 is 0.889 bits per heavy atom. The van der Waals surface area contributed by atoms with Crippen molar-refractivity contribution in [1.82, 2.24) is 5.43 Å². The van der Waals surface area contributed by atoms with Crippen molar-refractivity contribution in [3.8, 4) is 5.75 Å². The Morgan fingerprint density at radius 3 is 2.30 bits per heavy atom. The highest BCUT2D eigenvalue weighted by Crippen LogP contribution is 2.14. The lowest BCUT2D eigenvalue weighted by Crippen LogP contribution is -2.17. The van der Waals surface area contributed by atoms with E-state index in [1.54, 1.807) is 60.7 Å². The molecule has 1 N–H and O–H groups in total. The number of esters is 1. The predicted octanol–water partition coefficient (Wildman–Crippen LogP) is 3.98. The fourth-order valence-corrected chi connectivity index (χ4v) is 2.38. The second-order valence-corrected chi connectivity index (χ2v) is 5.89. The Labute approximate surface area is 157 Å². The first kappa shape index (κ1) is 18.1. The average molecular weight is 358 g/mol. The smallest absolute Gasteiger partial charge is 0.343 e. The van der Waals surface area contributed by atoms with E-state index >= 15 is 0 Å². The van der Waals surface area contributed by atoms with Gasteiger partial charge in [0.15, 0.2) is 0 Å². The highest BCUT2D eigenvalue weighted by atomic mass is 16.5. The maximum atomic E-state index is 12.1. The van der Waals surface area contributed by atoms with Gasteiger partial charge in [-0.15, -0.1) is 0 Å². The molecule has 3 aromatic carbocycles. The minimum Gasteiger partial charge on any atom is -0.423 e. The zero-order valence-corrected chi connectivity index (χ0v) is 14.8. The molecule has 0 heterocycles. The molecule has 134 valence electrons. The number of hydrogen-bond acceptors (Lipinski definition) is 4. The summed E-state index contributed by atoms with van der Waals surface area (Å²) in [5.41, 5.74) is 5.26. The van der Waals surface area contributed by atoms with Crippen molar-refractivity contribution in [3.63, 3.8) is 0 Å². The zero-order valence-electron chi connectivity index (χ0n) is 14.8. The second-order valence-electron chi connectivity index (χ2n) is 5.89. The molecule has 0 aliphatic carbocycles. The molecular weight excluding hydrogens is 340 g/mol. The van der Waals surface area contributed by atoms with E-state index in [4.69, 9.17) is 4.74 Å². The van der Waals surface area contributed by atoms with Crippen LogP contribution in [0.4, 0.5) is 0 Å². The van der Waals surface area contributed by atoms with Crippen molar-refractivity contribution in [2.24, 2.45) is 5.10 Å². The lowest BCUT2D eigenvalue weighted by atomic mass is 10.1. The fraction of sp³-hybridized carbons (Fsp3) is 0.0455. The third kappa shape index (κ3) is 5.12. The van der Waals surface area contributed by atoms with Crippen LogP contribution in [0.25, 0.3) is 0 Å². The Bertz CT molecular complexity index is 964. The van der Waals surface area contributed by atoms with Crippen LogP contribution in [0.5, 0.6) is 5.75 Å². The van der Waals surface area contributed by atoms with Crippen LogP contribution in [-0.2, 0) is 0 Å². The molecule has 0 atom stereocenters. The largest absolute Gasteiger partial charge is 0.423 e. The summed E-state index contributed by atoms with van der Waals surface area (Å²) in [6.07, 6.45) is 1.52. The van der Waals surface area contributed by atoms with Gasteiger partial charge in [0.1, 0.15) is 5.75 Å². The van der Waals surface area contributed by atoms with E-state index in [9.17, 15) is 9.59 Å². The minimum absolute atomic E-state index is 0.282. The molecule has 0 aliphatic rings. The van der Waals surface area contributed by atoms with Crippen LogP contribution in [0, 0.1) is 6.92 Å². The van der Waals surface area contributed by atoms with Gasteiger partial charge in [-0.2, -0.15) is 5.10 Å². The highest BCUT2D eigenvalue weighted by Gasteiger charge is 2.08. The molecule has 27 heavy (non-hydrogen) atoms. The number of hydrogen-bond donors (Lipinski definition) is 1. The lowest BCUT2D eigenvalue weighted by molar-refractivity contribution is 0.0734. The number of hydrazone groups is 1. The van der Waals surface area contributed by atoms with Gasteiger partial charge < -0.3 is 4.74 Å². The molecule has 3 aromatic rings. The van der Waals surface area contributed by atoms with Gasteiger partial charge in [-0.25, -0.2) is 10.2 Å². The average Bonchev–Trinajstić information content (AvgIpc) is 2.70. The molecule has 3 rings (SSSR count). The Balaban J connectivity index is 1.57. The standard InChI is InChI=1S/C22H18N2O3/c1-16-6-5-9-19(14-16)22(26)27-20-12-10-17(11-13-20)15-23-24-21(25)18-7-3-2-4-8-18/h2-15H,1H3,(H,24,25)/b23-15-. The van der Waals surface area contributed by atoms with Crippen molar-refractivity contribution < 1.29 is 14.3 Å². The summed E-state index contributed by atoms with van der Waals surface area (Å²) < 4.78 is 5.36. The van der Waals surface area contributed by atoms with Crippen molar-refractivity contribution in [1.29, 1.82) is 0 Å². The molecule has 0 unspecified atom stereocenters. The van der Waals surface area contributed by atoms with Gasteiger partial charge in [-0.05, 0) is 61.0 Å². The quantitative estimate of drug-likeness (QED) is 0.325. The van der Waals surface area contributed by atoms with E-state index < -0.39 is 5.97 Å². The molecule has 5 heteroatoms. The van der Waals surface area contributed by atoms with Gasteiger partial charge >= 0.3 is 5.97 Å². The van der Waals surface area contributed by atoms with E-state index in [1.165, 1.54) is 6.21 Å². The number of rotatable bonds is 5. The number of nitrogens with zero attached hydrogens (tertiary/aromatic N) is 1. The van der Waals surface area contributed by atoms with E-state index in [2.05, 4.69) is 10.5 Å². The molecule has 0 bridgehead atoms. The zero-order chi connectivity index (χ0) is 19.1. The number of ether oxygens (including phenoxy) is 1. The summed E-state index contributed by atoms with van der Waals surface area (Å²) in [7, 11) is 0. The molecular formula is C22H18N2O3. The second kappa shape index (κ2) is 8.58. The summed E-state index contributed by atoms with van der Waals surface area (Å²) in [5.74, 6) is -0.252. The molecule has 0 saturated heterocycles. The predicted molar refractivity (Wildman–Crippen MR) is 104 cm³/mol. The maximum absolute atomic E-state index is 12.1. The van der Waals surface area contributed by atoms with Gasteiger partial charge in [0, 0.05) is 5.56 Å². The molecule has 0 aromatic heterocycles. The number of amides is 1.